The third-order valence-electron chi connectivity index (χ3n) is 3.83. The molecule has 0 unspecified atom stereocenters. The van der Waals surface area contributed by atoms with Crippen LogP contribution in [0.3, 0.4) is 0 Å². The summed E-state index contributed by atoms with van der Waals surface area (Å²) in [6.45, 7) is 4.51. The number of H-pyrrole nitrogens is 1. The first-order chi connectivity index (χ1) is 11.6. The van der Waals surface area contributed by atoms with Crippen molar-refractivity contribution in [2.45, 2.75) is 25.6 Å². The minimum absolute atomic E-state index is 0.00742. The average Bonchev–Trinajstić information content (AvgIpc) is 3.03. The molecule has 0 aliphatic rings. The zero-order valence-corrected chi connectivity index (χ0v) is 14.6. The quantitative estimate of drug-likeness (QED) is 0.722. The summed E-state index contributed by atoms with van der Waals surface area (Å²) in [7, 11) is 0. The summed E-state index contributed by atoms with van der Waals surface area (Å²) in [5.41, 5.74) is 3.97. The highest BCUT2D eigenvalue weighted by molar-refractivity contribution is 8.00. The molecule has 0 saturated carbocycles. The standard InChI is InChI=1S/C18H20N4OS/c1-12-6-5-9-19-16(12)10-20-17(23)11-24-13(2)18-21-14-7-3-4-8-15(14)22-18/h3-9,13H,10-11H2,1-2H3,(H,20,23)(H,21,22)/t13-/m0/s1. The Morgan fingerprint density at radius 1 is 1.29 bits per heavy atom. The smallest absolute Gasteiger partial charge is 0.230 e. The van der Waals surface area contributed by atoms with Crippen molar-refractivity contribution < 1.29 is 4.79 Å². The van der Waals surface area contributed by atoms with Crippen LogP contribution >= 0.6 is 11.8 Å². The number of pyridine rings is 1. The van der Waals surface area contributed by atoms with Gasteiger partial charge in [0.2, 0.25) is 5.91 Å². The maximum Gasteiger partial charge on any atom is 0.230 e. The molecule has 0 saturated heterocycles. The molecule has 3 aromatic rings. The number of amides is 1. The van der Waals surface area contributed by atoms with Crippen LogP contribution in [0.15, 0.2) is 42.6 Å². The molecule has 124 valence electrons. The molecule has 0 aliphatic carbocycles. The molecule has 2 aromatic heterocycles. The van der Waals surface area contributed by atoms with Crippen molar-refractivity contribution in [2.75, 3.05) is 5.75 Å². The van der Waals surface area contributed by atoms with E-state index in [9.17, 15) is 4.79 Å². The number of nitrogens with zero attached hydrogens (tertiary/aromatic N) is 2. The van der Waals surface area contributed by atoms with E-state index in [1.54, 1.807) is 18.0 Å². The van der Waals surface area contributed by atoms with Crippen molar-refractivity contribution in [3.8, 4) is 0 Å². The van der Waals surface area contributed by atoms with E-state index in [0.29, 0.717) is 12.3 Å². The maximum atomic E-state index is 12.0. The second-order valence-corrected chi connectivity index (χ2v) is 6.97. The van der Waals surface area contributed by atoms with Gasteiger partial charge in [0.15, 0.2) is 0 Å². The predicted octanol–water partition coefficient (Wildman–Crippen LogP) is 3.38. The highest BCUT2D eigenvalue weighted by Gasteiger charge is 2.13. The summed E-state index contributed by atoms with van der Waals surface area (Å²) in [6.07, 6.45) is 1.74. The van der Waals surface area contributed by atoms with Gasteiger partial charge >= 0.3 is 0 Å². The van der Waals surface area contributed by atoms with E-state index in [4.69, 9.17) is 0 Å². The summed E-state index contributed by atoms with van der Waals surface area (Å²) >= 11 is 1.57. The molecule has 1 atom stereocenters. The lowest BCUT2D eigenvalue weighted by atomic mass is 10.2. The number of aromatic amines is 1. The molecule has 0 radical (unpaired) electrons. The fourth-order valence-electron chi connectivity index (χ4n) is 2.38. The van der Waals surface area contributed by atoms with Crippen LogP contribution in [0.25, 0.3) is 11.0 Å². The second kappa shape index (κ2) is 7.49. The molecule has 1 aromatic carbocycles. The third-order valence-corrected chi connectivity index (χ3v) is 4.98. The first-order valence-corrected chi connectivity index (χ1v) is 8.92. The fourth-order valence-corrected chi connectivity index (χ4v) is 3.15. The number of carbonyl (C=O) groups is 1. The summed E-state index contributed by atoms with van der Waals surface area (Å²) in [6, 6.07) is 11.8. The largest absolute Gasteiger partial charge is 0.350 e. The predicted molar refractivity (Wildman–Crippen MR) is 97.8 cm³/mol. The molecule has 5 nitrogen and oxygen atoms in total. The Morgan fingerprint density at radius 3 is 2.92 bits per heavy atom. The lowest BCUT2D eigenvalue weighted by Crippen LogP contribution is -2.25. The van der Waals surface area contributed by atoms with Crippen LogP contribution in [-0.4, -0.2) is 26.6 Å². The van der Waals surface area contributed by atoms with Gasteiger partial charge < -0.3 is 10.3 Å². The third kappa shape index (κ3) is 3.94. The van der Waals surface area contributed by atoms with E-state index in [-0.39, 0.29) is 11.2 Å². The number of aromatic nitrogens is 3. The van der Waals surface area contributed by atoms with Crippen molar-refractivity contribution in [2.24, 2.45) is 0 Å². The SMILES string of the molecule is Cc1cccnc1CNC(=O)CS[C@@H](C)c1nc2ccccc2[nH]1. The molecule has 0 bridgehead atoms. The zero-order valence-electron chi connectivity index (χ0n) is 13.7. The minimum atomic E-state index is 0.00742. The molecule has 0 fully saturated rings. The summed E-state index contributed by atoms with van der Waals surface area (Å²) in [4.78, 5) is 24.2. The number of benzene rings is 1. The van der Waals surface area contributed by atoms with Crippen LogP contribution in [0, 0.1) is 6.92 Å². The molecule has 2 heterocycles. The van der Waals surface area contributed by atoms with Gasteiger partial charge in [-0.15, -0.1) is 11.8 Å². The van der Waals surface area contributed by atoms with Crippen LogP contribution in [0.1, 0.15) is 29.3 Å². The number of aryl methyl sites for hydroxylation is 1. The van der Waals surface area contributed by atoms with Crippen LogP contribution in [0.2, 0.25) is 0 Å². The molecular weight excluding hydrogens is 320 g/mol. The van der Waals surface area contributed by atoms with E-state index >= 15 is 0 Å². The summed E-state index contributed by atoms with van der Waals surface area (Å²) < 4.78 is 0. The lowest BCUT2D eigenvalue weighted by Gasteiger charge is -2.09. The Kier molecular flexibility index (Phi) is 5.15. The molecule has 0 aliphatic heterocycles. The number of para-hydroxylation sites is 2. The Labute approximate surface area is 145 Å². The van der Waals surface area contributed by atoms with Crippen LogP contribution < -0.4 is 5.32 Å². The van der Waals surface area contributed by atoms with Crippen molar-refractivity contribution in [1.82, 2.24) is 20.3 Å². The van der Waals surface area contributed by atoms with Gasteiger partial charge in [-0.2, -0.15) is 0 Å². The number of thioether (sulfide) groups is 1. The van der Waals surface area contributed by atoms with Gasteiger partial charge in [-0.05, 0) is 37.6 Å². The van der Waals surface area contributed by atoms with Crippen LogP contribution in [0.4, 0.5) is 0 Å². The maximum absolute atomic E-state index is 12.0. The molecule has 3 rings (SSSR count). The highest BCUT2D eigenvalue weighted by atomic mass is 32.2. The number of hydrogen-bond donors (Lipinski definition) is 2. The Balaban J connectivity index is 1.51. The van der Waals surface area contributed by atoms with Gasteiger partial charge in [0.25, 0.3) is 0 Å². The monoisotopic (exact) mass is 340 g/mol. The van der Waals surface area contributed by atoms with Gasteiger partial charge in [0.1, 0.15) is 5.82 Å². The Morgan fingerprint density at radius 2 is 2.12 bits per heavy atom. The van der Waals surface area contributed by atoms with Crippen LogP contribution in [0.5, 0.6) is 0 Å². The van der Waals surface area contributed by atoms with E-state index in [1.807, 2.05) is 43.3 Å². The summed E-state index contributed by atoms with van der Waals surface area (Å²) in [5, 5.41) is 3.05. The highest BCUT2D eigenvalue weighted by Crippen LogP contribution is 2.27. The fraction of sp³-hybridized carbons (Fsp3) is 0.278. The molecule has 2 N–H and O–H groups in total. The number of rotatable bonds is 6. The molecule has 1 amide bonds. The van der Waals surface area contributed by atoms with E-state index in [2.05, 4.69) is 27.2 Å². The molecule has 6 heteroatoms. The number of imidazole rings is 1. The average molecular weight is 340 g/mol. The van der Waals surface area contributed by atoms with Gasteiger partial charge in [0, 0.05) is 6.20 Å². The van der Waals surface area contributed by atoms with Gasteiger partial charge in [-0.25, -0.2) is 4.98 Å². The molecular formula is C18H20N4OS. The number of fused-ring (bicyclic) bond motifs is 1. The molecule has 24 heavy (non-hydrogen) atoms. The zero-order chi connectivity index (χ0) is 16.9. The van der Waals surface area contributed by atoms with Crippen molar-refractivity contribution >= 4 is 28.7 Å². The first kappa shape index (κ1) is 16.5. The molecule has 0 spiro atoms. The minimum Gasteiger partial charge on any atom is -0.350 e. The van der Waals surface area contributed by atoms with E-state index in [1.165, 1.54) is 0 Å². The van der Waals surface area contributed by atoms with E-state index in [0.717, 1.165) is 28.1 Å². The van der Waals surface area contributed by atoms with Crippen molar-refractivity contribution in [1.29, 1.82) is 0 Å². The van der Waals surface area contributed by atoms with Gasteiger partial charge in [-0.3, -0.25) is 9.78 Å². The van der Waals surface area contributed by atoms with E-state index < -0.39 is 0 Å². The second-order valence-electron chi connectivity index (χ2n) is 5.64. The normalized spacial score (nSPS) is 12.2. The Bertz CT molecular complexity index is 813. The van der Waals surface area contributed by atoms with Gasteiger partial charge in [0.05, 0.1) is 34.3 Å². The first-order valence-electron chi connectivity index (χ1n) is 7.87. The summed E-state index contributed by atoms with van der Waals surface area (Å²) in [5.74, 6) is 1.30. The Hall–Kier alpha value is -2.34. The number of carbonyl (C=O) groups excluding carboxylic acids is 1. The number of nitrogens with one attached hydrogen (secondary N) is 2. The topological polar surface area (TPSA) is 70.7 Å². The lowest BCUT2D eigenvalue weighted by molar-refractivity contribution is -0.118. The van der Waals surface area contributed by atoms with Crippen LogP contribution in [-0.2, 0) is 11.3 Å². The van der Waals surface area contributed by atoms with Crippen molar-refractivity contribution in [3.63, 3.8) is 0 Å². The van der Waals surface area contributed by atoms with Gasteiger partial charge in [-0.1, -0.05) is 18.2 Å². The number of hydrogen-bond acceptors (Lipinski definition) is 4. The van der Waals surface area contributed by atoms with Crippen molar-refractivity contribution in [3.05, 3.63) is 59.7 Å².